The Bertz CT molecular complexity index is 808. The predicted molar refractivity (Wildman–Crippen MR) is 101 cm³/mol. The van der Waals surface area contributed by atoms with Crippen molar-refractivity contribution in [3.05, 3.63) is 52.6 Å². The molecule has 0 heterocycles. The standard InChI is InChI=1S/C19H22N2O7/c1-13(11-27-15-6-4-14(25-2)5-7-15)20-19(22)12-28-16-8-9-17(21(23)24)18(10-16)26-3/h4-10,13H,11-12H2,1-3H3,(H,20,22)/t13-/m0/s1. The van der Waals surface area contributed by atoms with Crippen molar-refractivity contribution in [2.24, 2.45) is 0 Å². The summed E-state index contributed by atoms with van der Waals surface area (Å²) in [5, 5.41) is 13.6. The van der Waals surface area contributed by atoms with Gasteiger partial charge in [0.1, 0.15) is 23.9 Å². The molecule has 1 amide bonds. The third kappa shape index (κ3) is 6.04. The first-order valence-corrected chi connectivity index (χ1v) is 8.44. The third-order valence-corrected chi connectivity index (χ3v) is 3.68. The van der Waals surface area contributed by atoms with E-state index in [2.05, 4.69) is 5.32 Å². The smallest absolute Gasteiger partial charge is 0.311 e. The number of carbonyl (C=O) groups excluding carboxylic acids is 1. The summed E-state index contributed by atoms with van der Waals surface area (Å²) in [6, 6.07) is 10.9. The van der Waals surface area contributed by atoms with Gasteiger partial charge in [0.05, 0.1) is 25.2 Å². The van der Waals surface area contributed by atoms with Crippen molar-refractivity contribution in [1.82, 2.24) is 5.32 Å². The van der Waals surface area contributed by atoms with Gasteiger partial charge in [-0.1, -0.05) is 0 Å². The molecule has 9 nitrogen and oxygen atoms in total. The highest BCUT2D eigenvalue weighted by atomic mass is 16.6. The van der Waals surface area contributed by atoms with Crippen LogP contribution in [0.1, 0.15) is 6.92 Å². The van der Waals surface area contributed by atoms with E-state index in [9.17, 15) is 14.9 Å². The summed E-state index contributed by atoms with van der Waals surface area (Å²) >= 11 is 0. The van der Waals surface area contributed by atoms with E-state index in [4.69, 9.17) is 18.9 Å². The van der Waals surface area contributed by atoms with Crippen LogP contribution in [0.3, 0.4) is 0 Å². The Labute approximate surface area is 162 Å². The molecule has 2 aromatic rings. The molecule has 0 spiro atoms. The fourth-order valence-electron chi connectivity index (χ4n) is 2.30. The summed E-state index contributed by atoms with van der Waals surface area (Å²) < 4.78 is 21.0. The number of carbonyl (C=O) groups is 1. The number of nitrogens with zero attached hydrogens (tertiary/aromatic N) is 1. The van der Waals surface area contributed by atoms with E-state index in [1.807, 2.05) is 0 Å². The Balaban J connectivity index is 1.79. The topological polar surface area (TPSA) is 109 Å². The van der Waals surface area contributed by atoms with Crippen molar-refractivity contribution in [3.8, 4) is 23.0 Å². The van der Waals surface area contributed by atoms with E-state index < -0.39 is 4.92 Å². The number of ether oxygens (including phenoxy) is 4. The number of methoxy groups -OCH3 is 2. The quantitative estimate of drug-likeness (QED) is 0.490. The van der Waals surface area contributed by atoms with E-state index in [1.54, 1.807) is 38.3 Å². The van der Waals surface area contributed by atoms with Crippen molar-refractivity contribution in [3.63, 3.8) is 0 Å². The van der Waals surface area contributed by atoms with Gasteiger partial charge in [-0.25, -0.2) is 0 Å². The molecular formula is C19H22N2O7. The van der Waals surface area contributed by atoms with Crippen LogP contribution in [0, 0.1) is 10.1 Å². The lowest BCUT2D eigenvalue weighted by Gasteiger charge is -2.15. The maximum absolute atomic E-state index is 12.0. The lowest BCUT2D eigenvalue weighted by Crippen LogP contribution is -2.39. The number of nitro benzene ring substituents is 1. The SMILES string of the molecule is COc1ccc(OC[C@H](C)NC(=O)COc2ccc([N+](=O)[O-])c(OC)c2)cc1. The summed E-state index contributed by atoms with van der Waals surface area (Å²) in [5.41, 5.74) is -0.177. The molecule has 0 saturated heterocycles. The van der Waals surface area contributed by atoms with Crippen molar-refractivity contribution < 1.29 is 28.7 Å². The molecule has 0 aromatic heterocycles. The molecule has 0 saturated carbocycles. The molecule has 9 heteroatoms. The molecule has 1 N–H and O–H groups in total. The number of hydrogen-bond donors (Lipinski definition) is 1. The van der Waals surface area contributed by atoms with Crippen LogP contribution in [0.15, 0.2) is 42.5 Å². The number of hydrogen-bond acceptors (Lipinski definition) is 7. The van der Waals surface area contributed by atoms with Gasteiger partial charge in [0.15, 0.2) is 6.61 Å². The average molecular weight is 390 g/mol. The van der Waals surface area contributed by atoms with Gasteiger partial charge in [-0.15, -0.1) is 0 Å². The van der Waals surface area contributed by atoms with Gasteiger partial charge in [-0.2, -0.15) is 0 Å². The molecule has 0 bridgehead atoms. The molecule has 0 aliphatic carbocycles. The number of amides is 1. The van der Waals surface area contributed by atoms with Gasteiger partial charge < -0.3 is 24.3 Å². The number of rotatable bonds is 10. The van der Waals surface area contributed by atoms with Gasteiger partial charge in [0, 0.05) is 12.1 Å². The predicted octanol–water partition coefficient (Wildman–Crippen LogP) is 2.57. The Morgan fingerprint density at radius 1 is 1.04 bits per heavy atom. The maximum atomic E-state index is 12.0. The highest BCUT2D eigenvalue weighted by molar-refractivity contribution is 5.77. The molecule has 0 aliphatic rings. The first-order chi connectivity index (χ1) is 13.4. The van der Waals surface area contributed by atoms with Crippen LogP contribution in [0.2, 0.25) is 0 Å². The van der Waals surface area contributed by atoms with E-state index in [0.717, 1.165) is 5.75 Å². The Morgan fingerprint density at radius 3 is 2.29 bits per heavy atom. The summed E-state index contributed by atoms with van der Waals surface area (Å²) in [6.07, 6.45) is 0. The van der Waals surface area contributed by atoms with Crippen LogP contribution in [0.4, 0.5) is 5.69 Å². The molecule has 0 unspecified atom stereocenters. The summed E-state index contributed by atoms with van der Waals surface area (Å²) in [7, 11) is 2.91. The van der Waals surface area contributed by atoms with E-state index in [-0.39, 0.29) is 36.6 Å². The highest BCUT2D eigenvalue weighted by Crippen LogP contribution is 2.30. The van der Waals surface area contributed by atoms with Crippen LogP contribution in [-0.2, 0) is 4.79 Å². The van der Waals surface area contributed by atoms with Crippen LogP contribution in [0.5, 0.6) is 23.0 Å². The van der Waals surface area contributed by atoms with Gasteiger partial charge >= 0.3 is 5.69 Å². The summed E-state index contributed by atoms with van der Waals surface area (Å²) in [5.74, 6) is 1.40. The monoisotopic (exact) mass is 390 g/mol. The van der Waals surface area contributed by atoms with Gasteiger partial charge in [0.2, 0.25) is 5.75 Å². The zero-order valence-corrected chi connectivity index (χ0v) is 15.8. The molecule has 150 valence electrons. The minimum absolute atomic E-state index is 0.0594. The molecule has 28 heavy (non-hydrogen) atoms. The molecule has 2 aromatic carbocycles. The average Bonchev–Trinajstić information content (AvgIpc) is 2.70. The van der Waals surface area contributed by atoms with E-state index in [1.165, 1.54) is 25.3 Å². The number of benzene rings is 2. The van der Waals surface area contributed by atoms with Crippen molar-refractivity contribution in [2.75, 3.05) is 27.4 Å². The highest BCUT2D eigenvalue weighted by Gasteiger charge is 2.16. The molecule has 2 rings (SSSR count). The van der Waals surface area contributed by atoms with Crippen molar-refractivity contribution >= 4 is 11.6 Å². The minimum Gasteiger partial charge on any atom is -0.497 e. The second-order valence-corrected chi connectivity index (χ2v) is 5.83. The van der Waals surface area contributed by atoms with Gasteiger partial charge in [-0.05, 0) is 37.3 Å². The fraction of sp³-hybridized carbons (Fsp3) is 0.316. The van der Waals surface area contributed by atoms with Crippen LogP contribution in [0.25, 0.3) is 0 Å². The number of nitro groups is 1. The van der Waals surface area contributed by atoms with Crippen molar-refractivity contribution in [2.45, 2.75) is 13.0 Å². The molecular weight excluding hydrogens is 368 g/mol. The van der Waals surface area contributed by atoms with E-state index >= 15 is 0 Å². The fourth-order valence-corrected chi connectivity index (χ4v) is 2.30. The first kappa shape index (κ1) is 20.8. The largest absolute Gasteiger partial charge is 0.497 e. The second kappa shape index (κ2) is 10.0. The van der Waals surface area contributed by atoms with Gasteiger partial charge in [-0.3, -0.25) is 14.9 Å². The van der Waals surface area contributed by atoms with Crippen molar-refractivity contribution in [1.29, 1.82) is 0 Å². The molecule has 1 atom stereocenters. The molecule has 0 radical (unpaired) electrons. The Hall–Kier alpha value is -3.49. The third-order valence-electron chi connectivity index (χ3n) is 3.68. The molecule has 0 fully saturated rings. The zero-order chi connectivity index (χ0) is 20.5. The Kier molecular flexibility index (Phi) is 7.44. The van der Waals surface area contributed by atoms with Crippen LogP contribution in [-0.4, -0.2) is 44.3 Å². The summed E-state index contributed by atoms with van der Waals surface area (Å²) in [6.45, 7) is 1.84. The lowest BCUT2D eigenvalue weighted by molar-refractivity contribution is -0.385. The van der Waals surface area contributed by atoms with E-state index in [0.29, 0.717) is 11.5 Å². The first-order valence-electron chi connectivity index (χ1n) is 8.44. The minimum atomic E-state index is -0.556. The lowest BCUT2D eigenvalue weighted by atomic mass is 10.3. The second-order valence-electron chi connectivity index (χ2n) is 5.83. The maximum Gasteiger partial charge on any atom is 0.311 e. The summed E-state index contributed by atoms with van der Waals surface area (Å²) in [4.78, 5) is 22.3. The zero-order valence-electron chi connectivity index (χ0n) is 15.8. The number of nitrogens with one attached hydrogen (secondary N) is 1. The normalized spacial score (nSPS) is 11.2. The van der Waals surface area contributed by atoms with Gasteiger partial charge in [0.25, 0.3) is 5.91 Å². The Morgan fingerprint density at radius 2 is 1.68 bits per heavy atom. The molecule has 0 aliphatic heterocycles. The van der Waals surface area contributed by atoms with Crippen LogP contribution < -0.4 is 24.3 Å². The van der Waals surface area contributed by atoms with Crippen LogP contribution >= 0.6 is 0 Å².